The lowest BCUT2D eigenvalue weighted by Crippen LogP contribution is -2.30. The zero-order valence-electron chi connectivity index (χ0n) is 33.6. The SMILES string of the molecule is [C-]#[N+]c1ccc2c(c1)-c1cc(P(=O)(c3ccccc3)c3ccc4c(c3)-c3cc(C#N)ccc3C4(c3ccccc3)c3ccccc3)ccc1C2(c1ccccc1)c1ccccc1. The van der Waals surface area contributed by atoms with E-state index in [1.54, 1.807) is 0 Å². The summed E-state index contributed by atoms with van der Waals surface area (Å²) in [5, 5.41) is 12.4. The van der Waals surface area contributed by atoms with Crippen LogP contribution >= 0.6 is 7.14 Å². The van der Waals surface area contributed by atoms with Crippen LogP contribution in [0.5, 0.6) is 0 Å². The molecule has 4 heteroatoms. The summed E-state index contributed by atoms with van der Waals surface area (Å²) < 4.78 is 16.8. The summed E-state index contributed by atoms with van der Waals surface area (Å²) in [4.78, 5) is 3.88. The highest BCUT2D eigenvalue weighted by molar-refractivity contribution is 7.85. The van der Waals surface area contributed by atoms with Crippen LogP contribution in [-0.2, 0) is 15.4 Å². The number of hydrogen-bond acceptors (Lipinski definition) is 2. The summed E-state index contributed by atoms with van der Waals surface area (Å²) in [6.45, 7) is 8.02. The first-order valence-corrected chi connectivity index (χ1v) is 22.5. The molecule has 2 aliphatic carbocycles. The van der Waals surface area contributed by atoms with Crippen molar-refractivity contribution in [3.63, 3.8) is 0 Å². The van der Waals surface area contributed by atoms with Crippen molar-refractivity contribution in [3.8, 4) is 28.3 Å². The first-order chi connectivity index (χ1) is 30.5. The van der Waals surface area contributed by atoms with Gasteiger partial charge in [0.2, 0.25) is 0 Å². The quantitative estimate of drug-likeness (QED) is 0.119. The Bertz CT molecular complexity index is 3050. The standard InChI is InChI=1S/C58H37N2OP/c1-60-45-28-32-54-50(36-45)52-38-48(30-34-56(52)58(54,43-21-11-4-12-22-43)44-23-13-5-14-24-44)62(61,46-25-15-6-16-26-46)47-29-33-55-51(37-47)49-35-40(39-59)27-31-53(49)57(55,41-17-7-2-8-18-41)42-19-9-3-10-20-42/h2-38H. The topological polar surface area (TPSA) is 45.2 Å². The van der Waals surface area contributed by atoms with E-state index in [2.05, 4.69) is 157 Å². The zero-order valence-corrected chi connectivity index (χ0v) is 34.5. The van der Waals surface area contributed by atoms with Crippen LogP contribution in [0.4, 0.5) is 5.69 Å². The highest BCUT2D eigenvalue weighted by Crippen LogP contribution is 2.59. The molecule has 0 bridgehead atoms. The molecule has 0 aromatic heterocycles. The molecule has 0 N–H and O–H groups in total. The Morgan fingerprint density at radius 2 is 0.758 bits per heavy atom. The average Bonchev–Trinajstić information content (AvgIpc) is 3.82. The predicted octanol–water partition coefficient (Wildman–Crippen LogP) is 12.5. The van der Waals surface area contributed by atoms with Crippen molar-refractivity contribution < 1.29 is 4.57 Å². The lowest BCUT2D eigenvalue weighted by Gasteiger charge is -2.34. The third-order valence-electron chi connectivity index (χ3n) is 13.2. The molecule has 290 valence electrons. The predicted molar refractivity (Wildman–Crippen MR) is 251 cm³/mol. The van der Waals surface area contributed by atoms with Gasteiger partial charge in [0, 0.05) is 15.9 Å². The van der Waals surface area contributed by atoms with Gasteiger partial charge in [0.25, 0.3) is 0 Å². The molecule has 9 aromatic carbocycles. The van der Waals surface area contributed by atoms with E-state index in [-0.39, 0.29) is 0 Å². The van der Waals surface area contributed by atoms with Gasteiger partial charge in [0.05, 0.1) is 29.0 Å². The van der Waals surface area contributed by atoms with Gasteiger partial charge in [-0.05, 0) is 97.1 Å². The monoisotopic (exact) mass is 808 g/mol. The third-order valence-corrected chi connectivity index (χ3v) is 16.2. The Hall–Kier alpha value is -7.81. The molecule has 1 unspecified atom stereocenters. The van der Waals surface area contributed by atoms with Gasteiger partial charge < -0.3 is 4.57 Å². The summed E-state index contributed by atoms with van der Waals surface area (Å²) in [5.74, 6) is 0. The Labute approximate surface area is 362 Å². The van der Waals surface area contributed by atoms with Gasteiger partial charge >= 0.3 is 0 Å². The van der Waals surface area contributed by atoms with Crippen LogP contribution in [0.25, 0.3) is 27.1 Å². The Kier molecular flexibility index (Phi) is 8.66. The van der Waals surface area contributed by atoms with E-state index >= 15 is 4.57 Å². The van der Waals surface area contributed by atoms with Crippen molar-refractivity contribution in [3.05, 3.63) is 286 Å². The van der Waals surface area contributed by atoms with Crippen molar-refractivity contribution in [2.75, 3.05) is 0 Å². The van der Waals surface area contributed by atoms with Crippen LogP contribution in [0, 0.1) is 17.9 Å². The molecular formula is C58H37N2OP. The summed E-state index contributed by atoms with van der Waals surface area (Å²) in [6, 6.07) is 79.3. The first kappa shape index (κ1) is 37.2. The fourth-order valence-electron chi connectivity index (χ4n) is 10.6. The minimum Gasteiger partial charge on any atom is -0.309 e. The Morgan fingerprint density at radius 3 is 1.16 bits per heavy atom. The molecule has 0 saturated heterocycles. The van der Waals surface area contributed by atoms with E-state index in [1.807, 2.05) is 78.9 Å². The van der Waals surface area contributed by atoms with Gasteiger partial charge in [0.1, 0.15) is 0 Å². The molecule has 0 saturated carbocycles. The molecule has 11 rings (SSSR count). The van der Waals surface area contributed by atoms with Crippen molar-refractivity contribution in [1.29, 1.82) is 5.26 Å². The molecule has 3 nitrogen and oxygen atoms in total. The summed E-state index contributed by atoms with van der Waals surface area (Å²) in [7, 11) is -3.60. The maximum Gasteiger partial charge on any atom is 0.187 e. The average molecular weight is 809 g/mol. The van der Waals surface area contributed by atoms with Crippen LogP contribution in [0.2, 0.25) is 0 Å². The lowest BCUT2D eigenvalue weighted by atomic mass is 9.68. The van der Waals surface area contributed by atoms with Crippen molar-refractivity contribution >= 4 is 28.7 Å². The normalized spacial score (nSPS) is 14.5. The highest BCUT2D eigenvalue weighted by atomic mass is 31.2. The molecule has 0 amide bonds. The van der Waals surface area contributed by atoms with Crippen molar-refractivity contribution in [1.82, 2.24) is 0 Å². The van der Waals surface area contributed by atoms with E-state index in [9.17, 15) is 5.26 Å². The van der Waals surface area contributed by atoms with Crippen LogP contribution in [-0.4, -0.2) is 0 Å². The fourth-order valence-corrected chi connectivity index (χ4v) is 13.3. The molecule has 2 aliphatic rings. The lowest BCUT2D eigenvalue weighted by molar-refractivity contribution is 0.592. The van der Waals surface area contributed by atoms with Crippen LogP contribution in [0.15, 0.2) is 224 Å². The minimum absolute atomic E-state index is 0.553. The smallest absolute Gasteiger partial charge is 0.187 e. The van der Waals surface area contributed by atoms with Gasteiger partial charge in [-0.3, -0.25) is 0 Å². The molecule has 0 spiro atoms. The van der Waals surface area contributed by atoms with E-state index in [4.69, 9.17) is 6.57 Å². The molecular weight excluding hydrogens is 772 g/mol. The number of nitriles is 1. The van der Waals surface area contributed by atoms with Crippen molar-refractivity contribution in [2.24, 2.45) is 0 Å². The van der Waals surface area contributed by atoms with E-state index in [1.165, 1.54) is 0 Å². The number of nitrogens with zero attached hydrogens (tertiary/aromatic N) is 2. The number of hydrogen-bond donors (Lipinski definition) is 0. The Balaban J connectivity index is 1.19. The number of rotatable bonds is 7. The maximum atomic E-state index is 16.8. The molecule has 62 heavy (non-hydrogen) atoms. The minimum atomic E-state index is -3.60. The largest absolute Gasteiger partial charge is 0.309 e. The maximum absolute atomic E-state index is 16.8. The van der Waals surface area contributed by atoms with Crippen LogP contribution < -0.4 is 15.9 Å². The van der Waals surface area contributed by atoms with Crippen LogP contribution in [0.1, 0.15) is 50.1 Å². The molecule has 9 aromatic rings. The Morgan fingerprint density at radius 1 is 0.403 bits per heavy atom. The number of benzene rings is 9. The molecule has 0 aliphatic heterocycles. The van der Waals surface area contributed by atoms with Crippen molar-refractivity contribution in [2.45, 2.75) is 10.8 Å². The van der Waals surface area contributed by atoms with Gasteiger partial charge in [-0.15, -0.1) is 0 Å². The highest BCUT2D eigenvalue weighted by Gasteiger charge is 2.49. The second-order valence-corrected chi connectivity index (χ2v) is 18.9. The molecule has 0 radical (unpaired) electrons. The second-order valence-electron chi connectivity index (χ2n) is 16.1. The first-order valence-electron chi connectivity index (χ1n) is 20.8. The van der Waals surface area contributed by atoms with E-state index in [0.717, 1.165) is 72.1 Å². The van der Waals surface area contributed by atoms with Gasteiger partial charge in [0.15, 0.2) is 12.8 Å². The molecule has 1 atom stereocenters. The third kappa shape index (κ3) is 5.20. The molecule has 0 fully saturated rings. The van der Waals surface area contributed by atoms with Gasteiger partial charge in [-0.25, -0.2) is 4.85 Å². The summed E-state index contributed by atoms with van der Waals surface area (Å²) in [6.07, 6.45) is 0. The molecule has 0 heterocycles. The van der Waals surface area contributed by atoms with E-state index < -0.39 is 18.0 Å². The zero-order chi connectivity index (χ0) is 41.9. The van der Waals surface area contributed by atoms with E-state index in [0.29, 0.717) is 21.9 Å². The summed E-state index contributed by atoms with van der Waals surface area (Å²) >= 11 is 0. The fraction of sp³-hybridized carbons (Fsp3) is 0.0345. The summed E-state index contributed by atoms with van der Waals surface area (Å²) in [5.41, 5.74) is 12.4. The second kappa shape index (κ2) is 14.4. The van der Waals surface area contributed by atoms with Crippen LogP contribution in [0.3, 0.4) is 0 Å². The van der Waals surface area contributed by atoms with Gasteiger partial charge in [-0.2, -0.15) is 5.26 Å². The number of fused-ring (bicyclic) bond motifs is 6. The van der Waals surface area contributed by atoms with Gasteiger partial charge in [-0.1, -0.05) is 194 Å².